The lowest BCUT2D eigenvalue weighted by Crippen LogP contribution is -2.18. The Morgan fingerprint density at radius 1 is 1.16 bits per heavy atom. The van der Waals surface area contributed by atoms with Crippen molar-refractivity contribution in [2.45, 2.75) is 6.92 Å². The van der Waals surface area contributed by atoms with Crippen molar-refractivity contribution in [3.63, 3.8) is 0 Å². The van der Waals surface area contributed by atoms with Gasteiger partial charge in [0.05, 0.1) is 5.69 Å². The molecule has 6 heteroatoms. The molecule has 3 heterocycles. The van der Waals surface area contributed by atoms with E-state index >= 15 is 0 Å². The lowest BCUT2D eigenvalue weighted by atomic mass is 10.1. The van der Waals surface area contributed by atoms with Gasteiger partial charge in [-0.1, -0.05) is 0 Å². The predicted octanol–water partition coefficient (Wildman–Crippen LogP) is 1.33. The van der Waals surface area contributed by atoms with Gasteiger partial charge in [-0.15, -0.1) is 0 Å². The topological polar surface area (TPSA) is 76.5 Å². The maximum Gasteiger partial charge on any atom is 0.277 e. The molecule has 0 saturated carbocycles. The highest BCUT2D eigenvalue weighted by atomic mass is 16.1. The monoisotopic (exact) mass is 253 g/mol. The van der Waals surface area contributed by atoms with E-state index in [2.05, 4.69) is 20.1 Å². The molecule has 3 aromatic heterocycles. The van der Waals surface area contributed by atoms with Crippen LogP contribution in [0.25, 0.3) is 17.2 Å². The number of nitrogens with zero attached hydrogens (tertiary/aromatic N) is 4. The van der Waals surface area contributed by atoms with Crippen molar-refractivity contribution in [1.29, 1.82) is 0 Å². The Bertz CT molecular complexity index is 746. The summed E-state index contributed by atoms with van der Waals surface area (Å²) < 4.78 is 1.33. The molecule has 0 fully saturated rings. The van der Waals surface area contributed by atoms with Gasteiger partial charge in [-0.3, -0.25) is 14.9 Å². The van der Waals surface area contributed by atoms with Gasteiger partial charge in [0.2, 0.25) is 0 Å². The average Bonchev–Trinajstić information content (AvgIpc) is 2.77. The number of pyridine rings is 1. The van der Waals surface area contributed by atoms with Gasteiger partial charge in [-0.05, 0) is 25.1 Å². The molecule has 1 N–H and O–H groups in total. The Balaban J connectivity index is 2.19. The molecule has 0 spiro atoms. The highest BCUT2D eigenvalue weighted by Gasteiger charge is 2.14. The van der Waals surface area contributed by atoms with Crippen LogP contribution in [-0.2, 0) is 0 Å². The van der Waals surface area contributed by atoms with Crippen LogP contribution in [0.5, 0.6) is 0 Å². The lowest BCUT2D eigenvalue weighted by Gasteiger charge is -1.99. The fraction of sp³-hybridized carbons (Fsp3) is 0.0769. The largest absolute Gasteiger partial charge is 0.287 e. The summed E-state index contributed by atoms with van der Waals surface area (Å²) in [6, 6.07) is 5.41. The number of H-pyrrole nitrogens is 1. The fourth-order valence-corrected chi connectivity index (χ4v) is 1.86. The van der Waals surface area contributed by atoms with Crippen LogP contribution < -0.4 is 5.56 Å². The van der Waals surface area contributed by atoms with Crippen LogP contribution in [0.4, 0.5) is 0 Å². The van der Waals surface area contributed by atoms with Crippen molar-refractivity contribution in [3.05, 3.63) is 58.9 Å². The quantitative estimate of drug-likeness (QED) is 0.747. The second-order valence-electron chi connectivity index (χ2n) is 4.04. The minimum atomic E-state index is -0.162. The van der Waals surface area contributed by atoms with Crippen LogP contribution in [0.1, 0.15) is 5.56 Å². The van der Waals surface area contributed by atoms with Crippen LogP contribution in [-0.4, -0.2) is 24.7 Å². The minimum Gasteiger partial charge on any atom is -0.287 e. The van der Waals surface area contributed by atoms with E-state index in [9.17, 15) is 4.79 Å². The van der Waals surface area contributed by atoms with Crippen molar-refractivity contribution in [3.8, 4) is 17.2 Å². The van der Waals surface area contributed by atoms with Gasteiger partial charge < -0.3 is 0 Å². The SMILES string of the molecule is Cc1c(-c2cccnc2)[nH]n(-c2ncccn2)c1=O. The number of aromatic nitrogens is 5. The summed E-state index contributed by atoms with van der Waals surface area (Å²) in [6.45, 7) is 1.76. The van der Waals surface area contributed by atoms with Gasteiger partial charge >= 0.3 is 0 Å². The van der Waals surface area contributed by atoms with Gasteiger partial charge in [0, 0.05) is 35.9 Å². The zero-order valence-corrected chi connectivity index (χ0v) is 10.2. The van der Waals surface area contributed by atoms with Crippen molar-refractivity contribution in [2.75, 3.05) is 0 Å². The fourth-order valence-electron chi connectivity index (χ4n) is 1.86. The summed E-state index contributed by atoms with van der Waals surface area (Å²) >= 11 is 0. The maximum atomic E-state index is 12.2. The van der Waals surface area contributed by atoms with Crippen LogP contribution in [0.3, 0.4) is 0 Å². The van der Waals surface area contributed by atoms with E-state index in [0.717, 1.165) is 11.3 Å². The molecule has 3 aromatic rings. The van der Waals surface area contributed by atoms with E-state index in [1.165, 1.54) is 4.68 Å². The Morgan fingerprint density at radius 3 is 2.63 bits per heavy atom. The van der Waals surface area contributed by atoms with E-state index in [1.54, 1.807) is 37.8 Å². The van der Waals surface area contributed by atoms with Crippen molar-refractivity contribution < 1.29 is 0 Å². The molecule has 0 aliphatic carbocycles. The van der Waals surface area contributed by atoms with Gasteiger partial charge in [0.25, 0.3) is 11.5 Å². The smallest absolute Gasteiger partial charge is 0.277 e. The van der Waals surface area contributed by atoms with E-state index in [-0.39, 0.29) is 5.56 Å². The number of aromatic amines is 1. The Labute approximate surface area is 108 Å². The predicted molar refractivity (Wildman–Crippen MR) is 69.9 cm³/mol. The number of hydrogen-bond donors (Lipinski definition) is 1. The molecule has 0 amide bonds. The van der Waals surface area contributed by atoms with Gasteiger partial charge in [0.1, 0.15) is 0 Å². The third-order valence-electron chi connectivity index (χ3n) is 2.82. The molecule has 94 valence electrons. The van der Waals surface area contributed by atoms with E-state index in [4.69, 9.17) is 0 Å². The highest BCUT2D eigenvalue weighted by Crippen LogP contribution is 2.17. The summed E-state index contributed by atoms with van der Waals surface area (Å²) in [7, 11) is 0. The summed E-state index contributed by atoms with van der Waals surface area (Å²) in [4.78, 5) is 24.4. The second-order valence-corrected chi connectivity index (χ2v) is 4.04. The normalized spacial score (nSPS) is 10.6. The lowest BCUT2D eigenvalue weighted by molar-refractivity contribution is 0.784. The van der Waals surface area contributed by atoms with Crippen molar-refractivity contribution in [2.24, 2.45) is 0 Å². The van der Waals surface area contributed by atoms with Crippen LogP contribution in [0.15, 0.2) is 47.8 Å². The Morgan fingerprint density at radius 2 is 1.95 bits per heavy atom. The molecule has 0 atom stereocenters. The first kappa shape index (κ1) is 11.3. The molecule has 3 rings (SSSR count). The standard InChI is InChI=1S/C13H11N5O/c1-9-11(10-4-2-5-14-8-10)17-18(12(9)19)13-15-6-3-7-16-13/h2-8,17H,1H3. The van der Waals surface area contributed by atoms with Crippen molar-refractivity contribution in [1.82, 2.24) is 24.7 Å². The second kappa shape index (κ2) is 4.49. The van der Waals surface area contributed by atoms with Gasteiger partial charge in [-0.25, -0.2) is 9.97 Å². The third kappa shape index (κ3) is 1.93. The van der Waals surface area contributed by atoms with Crippen molar-refractivity contribution >= 4 is 0 Å². The molecule has 0 aromatic carbocycles. The third-order valence-corrected chi connectivity index (χ3v) is 2.82. The van der Waals surface area contributed by atoms with Crippen LogP contribution in [0.2, 0.25) is 0 Å². The summed E-state index contributed by atoms with van der Waals surface area (Å²) in [5.41, 5.74) is 2.03. The molecular formula is C13H11N5O. The molecule has 0 unspecified atom stereocenters. The molecule has 0 radical (unpaired) electrons. The van der Waals surface area contributed by atoms with Crippen LogP contribution in [0, 0.1) is 6.92 Å². The first-order valence-electron chi connectivity index (χ1n) is 5.77. The Kier molecular flexibility index (Phi) is 2.68. The molecule has 0 bridgehead atoms. The molecule has 0 aliphatic heterocycles. The van der Waals surface area contributed by atoms with E-state index in [1.807, 2.05) is 12.1 Å². The summed E-state index contributed by atoms with van der Waals surface area (Å²) in [5, 5.41) is 3.02. The average molecular weight is 253 g/mol. The first-order valence-corrected chi connectivity index (χ1v) is 5.77. The number of hydrogen-bond acceptors (Lipinski definition) is 4. The summed E-state index contributed by atoms with van der Waals surface area (Å²) in [6.07, 6.45) is 6.58. The highest BCUT2D eigenvalue weighted by molar-refractivity contribution is 5.61. The first-order chi connectivity index (χ1) is 9.27. The Hall–Kier alpha value is -2.76. The number of rotatable bonds is 2. The van der Waals surface area contributed by atoms with Crippen LogP contribution >= 0.6 is 0 Å². The zero-order chi connectivity index (χ0) is 13.2. The maximum absolute atomic E-state index is 12.2. The summed E-state index contributed by atoms with van der Waals surface area (Å²) in [5.74, 6) is 0.325. The number of nitrogens with one attached hydrogen (secondary N) is 1. The zero-order valence-electron chi connectivity index (χ0n) is 10.2. The molecule has 0 aliphatic rings. The molecule has 6 nitrogen and oxygen atoms in total. The molecule has 0 saturated heterocycles. The van der Waals surface area contributed by atoms with E-state index < -0.39 is 0 Å². The van der Waals surface area contributed by atoms with E-state index in [0.29, 0.717) is 11.5 Å². The van der Waals surface area contributed by atoms with Gasteiger partial charge in [0.15, 0.2) is 0 Å². The van der Waals surface area contributed by atoms with Gasteiger partial charge in [-0.2, -0.15) is 4.68 Å². The molecule has 19 heavy (non-hydrogen) atoms. The minimum absolute atomic E-state index is 0.162. The molecular weight excluding hydrogens is 242 g/mol.